The Labute approximate surface area is 127 Å². The lowest BCUT2D eigenvalue weighted by atomic mass is 10.2. The molecule has 0 saturated carbocycles. The van der Waals surface area contributed by atoms with Crippen LogP contribution in [0.15, 0.2) is 22.7 Å². The number of sulfonamides is 1. The van der Waals surface area contributed by atoms with Crippen LogP contribution in [0.1, 0.15) is 31.1 Å². The number of esters is 1. The summed E-state index contributed by atoms with van der Waals surface area (Å²) in [4.78, 5) is 11.6. The Kier molecular flexibility index (Phi) is 6.01. The summed E-state index contributed by atoms with van der Waals surface area (Å²) in [6.45, 7) is 5.68. The van der Waals surface area contributed by atoms with Crippen molar-refractivity contribution in [3.8, 4) is 0 Å². The predicted octanol–water partition coefficient (Wildman–Crippen LogP) is 3.02. The van der Waals surface area contributed by atoms with Gasteiger partial charge in [0.1, 0.15) is 0 Å². The van der Waals surface area contributed by atoms with Gasteiger partial charge < -0.3 is 4.74 Å². The van der Waals surface area contributed by atoms with Crippen molar-refractivity contribution >= 4 is 37.6 Å². The standard InChI is InChI=1S/C13H18BrNO4S/c1-4-19-13(16)10-5-6-12(11(14)7-10)15-20(17,18)8-9(2)3/h5-7,9,15H,4,8H2,1-3H3. The van der Waals surface area contributed by atoms with Gasteiger partial charge in [0.2, 0.25) is 10.0 Å². The highest BCUT2D eigenvalue weighted by molar-refractivity contribution is 9.10. The minimum atomic E-state index is -3.40. The number of nitrogens with one attached hydrogen (secondary N) is 1. The van der Waals surface area contributed by atoms with E-state index in [0.717, 1.165) is 0 Å². The molecule has 1 rings (SSSR count). The quantitative estimate of drug-likeness (QED) is 0.788. The van der Waals surface area contributed by atoms with Crippen molar-refractivity contribution in [2.24, 2.45) is 5.92 Å². The molecule has 1 aromatic carbocycles. The second kappa shape index (κ2) is 7.08. The van der Waals surface area contributed by atoms with Crippen molar-refractivity contribution in [3.05, 3.63) is 28.2 Å². The van der Waals surface area contributed by atoms with Crippen LogP contribution < -0.4 is 4.72 Å². The molecule has 0 saturated heterocycles. The highest BCUT2D eigenvalue weighted by atomic mass is 79.9. The van der Waals surface area contributed by atoms with E-state index >= 15 is 0 Å². The number of anilines is 1. The van der Waals surface area contributed by atoms with Gasteiger partial charge in [0.05, 0.1) is 23.6 Å². The normalized spacial score (nSPS) is 11.4. The van der Waals surface area contributed by atoms with Gasteiger partial charge >= 0.3 is 5.97 Å². The van der Waals surface area contributed by atoms with E-state index in [2.05, 4.69) is 20.7 Å². The summed E-state index contributed by atoms with van der Waals surface area (Å²) in [5.41, 5.74) is 0.768. The smallest absolute Gasteiger partial charge is 0.338 e. The molecule has 0 bridgehead atoms. The van der Waals surface area contributed by atoms with Gasteiger partial charge in [-0.15, -0.1) is 0 Å². The number of carbonyl (C=O) groups is 1. The van der Waals surface area contributed by atoms with Crippen LogP contribution in [-0.4, -0.2) is 26.7 Å². The van der Waals surface area contributed by atoms with Crippen molar-refractivity contribution in [3.63, 3.8) is 0 Å². The molecule has 0 atom stereocenters. The molecule has 0 aliphatic carbocycles. The third kappa shape index (κ3) is 5.13. The summed E-state index contributed by atoms with van der Waals surface area (Å²) in [5.74, 6) is -0.367. The van der Waals surface area contributed by atoms with Crippen molar-refractivity contribution in [2.75, 3.05) is 17.1 Å². The monoisotopic (exact) mass is 363 g/mol. The Morgan fingerprint density at radius 3 is 2.55 bits per heavy atom. The third-order valence-electron chi connectivity index (χ3n) is 2.30. The van der Waals surface area contributed by atoms with Gasteiger partial charge in [-0.2, -0.15) is 0 Å². The average Bonchev–Trinajstić information content (AvgIpc) is 2.30. The van der Waals surface area contributed by atoms with Crippen molar-refractivity contribution in [1.29, 1.82) is 0 Å². The molecule has 20 heavy (non-hydrogen) atoms. The zero-order valence-electron chi connectivity index (χ0n) is 11.6. The summed E-state index contributed by atoms with van der Waals surface area (Å²) in [6.07, 6.45) is 0. The van der Waals surface area contributed by atoms with Crippen LogP contribution in [0, 0.1) is 5.92 Å². The van der Waals surface area contributed by atoms with E-state index in [1.807, 2.05) is 13.8 Å². The van der Waals surface area contributed by atoms with E-state index in [1.165, 1.54) is 18.2 Å². The first-order valence-corrected chi connectivity index (χ1v) is 8.67. The SMILES string of the molecule is CCOC(=O)c1ccc(NS(=O)(=O)CC(C)C)c(Br)c1. The number of halogens is 1. The Morgan fingerprint density at radius 2 is 2.05 bits per heavy atom. The summed E-state index contributed by atoms with van der Waals surface area (Å²) >= 11 is 3.25. The van der Waals surface area contributed by atoms with Crippen LogP contribution in [0.3, 0.4) is 0 Å². The number of hydrogen-bond donors (Lipinski definition) is 1. The highest BCUT2D eigenvalue weighted by Gasteiger charge is 2.16. The van der Waals surface area contributed by atoms with Crippen molar-refractivity contribution in [1.82, 2.24) is 0 Å². The van der Waals surface area contributed by atoms with Crippen LogP contribution in [0.2, 0.25) is 0 Å². The first-order chi connectivity index (χ1) is 9.25. The lowest BCUT2D eigenvalue weighted by Gasteiger charge is -2.12. The fourth-order valence-corrected chi connectivity index (χ4v) is 3.67. The molecule has 0 fully saturated rings. The van der Waals surface area contributed by atoms with Gasteiger partial charge in [0.15, 0.2) is 0 Å². The van der Waals surface area contributed by atoms with E-state index in [9.17, 15) is 13.2 Å². The molecule has 0 amide bonds. The van der Waals surface area contributed by atoms with Crippen LogP contribution in [-0.2, 0) is 14.8 Å². The summed E-state index contributed by atoms with van der Waals surface area (Å²) in [5, 5.41) is 0. The van der Waals surface area contributed by atoms with E-state index in [-0.39, 0.29) is 11.7 Å². The molecular formula is C13H18BrNO4S. The molecule has 7 heteroatoms. The maximum atomic E-state index is 11.9. The third-order valence-corrected chi connectivity index (χ3v) is 4.59. The number of hydrogen-bond acceptors (Lipinski definition) is 4. The Bertz CT molecular complexity index is 584. The van der Waals surface area contributed by atoms with E-state index in [0.29, 0.717) is 22.3 Å². The number of rotatable bonds is 6. The number of ether oxygens (including phenoxy) is 1. The molecule has 112 valence electrons. The van der Waals surface area contributed by atoms with Crippen molar-refractivity contribution < 1.29 is 17.9 Å². The molecule has 0 aliphatic rings. The van der Waals surface area contributed by atoms with Crippen LogP contribution in [0.25, 0.3) is 0 Å². The zero-order chi connectivity index (χ0) is 15.3. The lowest BCUT2D eigenvalue weighted by molar-refractivity contribution is 0.0526. The van der Waals surface area contributed by atoms with E-state index < -0.39 is 16.0 Å². The molecule has 0 radical (unpaired) electrons. The lowest BCUT2D eigenvalue weighted by Crippen LogP contribution is -2.20. The maximum Gasteiger partial charge on any atom is 0.338 e. The predicted molar refractivity (Wildman–Crippen MR) is 82.3 cm³/mol. The summed E-state index contributed by atoms with van der Waals surface area (Å²) in [7, 11) is -3.40. The van der Waals surface area contributed by atoms with Crippen LogP contribution in [0.4, 0.5) is 5.69 Å². The summed E-state index contributed by atoms with van der Waals surface area (Å²) < 4.78 is 31.6. The molecule has 1 aromatic rings. The minimum absolute atomic E-state index is 0.0325. The van der Waals surface area contributed by atoms with Crippen LogP contribution in [0.5, 0.6) is 0 Å². The van der Waals surface area contributed by atoms with Gasteiger partial charge in [-0.25, -0.2) is 13.2 Å². The van der Waals surface area contributed by atoms with E-state index in [4.69, 9.17) is 4.74 Å². The maximum absolute atomic E-state index is 11.9. The summed E-state index contributed by atoms with van der Waals surface area (Å²) in [6, 6.07) is 4.59. The zero-order valence-corrected chi connectivity index (χ0v) is 14.0. The fourth-order valence-electron chi connectivity index (χ4n) is 1.59. The van der Waals surface area contributed by atoms with Gasteiger partial charge in [0, 0.05) is 4.47 Å². The molecule has 0 heterocycles. The molecule has 0 unspecified atom stereocenters. The molecule has 0 spiro atoms. The number of benzene rings is 1. The topological polar surface area (TPSA) is 72.5 Å². The second-order valence-electron chi connectivity index (χ2n) is 4.69. The first kappa shape index (κ1) is 17.0. The fraction of sp³-hybridized carbons (Fsp3) is 0.462. The van der Waals surface area contributed by atoms with Gasteiger partial charge in [-0.3, -0.25) is 4.72 Å². The van der Waals surface area contributed by atoms with Gasteiger partial charge in [-0.05, 0) is 47.0 Å². The first-order valence-electron chi connectivity index (χ1n) is 6.22. The second-order valence-corrected chi connectivity index (χ2v) is 7.31. The Morgan fingerprint density at radius 1 is 1.40 bits per heavy atom. The van der Waals surface area contributed by atoms with Crippen molar-refractivity contribution in [2.45, 2.75) is 20.8 Å². The molecule has 1 N–H and O–H groups in total. The molecular weight excluding hydrogens is 346 g/mol. The molecule has 0 aromatic heterocycles. The Hall–Kier alpha value is -1.08. The molecule has 5 nitrogen and oxygen atoms in total. The minimum Gasteiger partial charge on any atom is -0.462 e. The van der Waals surface area contributed by atoms with E-state index in [1.54, 1.807) is 6.92 Å². The van der Waals surface area contributed by atoms with Gasteiger partial charge in [0.25, 0.3) is 0 Å². The van der Waals surface area contributed by atoms with Crippen LogP contribution >= 0.6 is 15.9 Å². The van der Waals surface area contributed by atoms with Gasteiger partial charge in [-0.1, -0.05) is 13.8 Å². The largest absolute Gasteiger partial charge is 0.462 e. The Balaban J connectivity index is 2.92. The molecule has 0 aliphatic heterocycles. The number of carbonyl (C=O) groups excluding carboxylic acids is 1. The highest BCUT2D eigenvalue weighted by Crippen LogP contribution is 2.25. The average molecular weight is 364 g/mol.